The molecule has 3 aromatic rings. The summed E-state index contributed by atoms with van der Waals surface area (Å²) in [7, 11) is 0. The molecule has 6 heteroatoms. The van der Waals surface area contributed by atoms with E-state index in [0.717, 1.165) is 11.1 Å². The first-order valence-corrected chi connectivity index (χ1v) is 7.33. The van der Waals surface area contributed by atoms with Crippen LogP contribution in [0.4, 0.5) is 5.69 Å². The maximum atomic E-state index is 12.5. The van der Waals surface area contributed by atoms with Crippen LogP contribution in [0.1, 0.15) is 22.8 Å². The Labute approximate surface area is 133 Å². The second-order valence-electron chi connectivity index (χ2n) is 4.99. The van der Waals surface area contributed by atoms with Crippen molar-refractivity contribution in [3.05, 3.63) is 53.7 Å². The van der Waals surface area contributed by atoms with Crippen LogP contribution in [0.5, 0.6) is 5.88 Å². The number of carbonyl (C=O) groups excluding carboxylic acids is 1. The van der Waals surface area contributed by atoms with Crippen molar-refractivity contribution in [1.82, 2.24) is 9.97 Å². The molecular weight excluding hydrogens is 294 g/mol. The second kappa shape index (κ2) is 6.50. The van der Waals surface area contributed by atoms with Crippen LogP contribution < -0.4 is 10.1 Å². The van der Waals surface area contributed by atoms with Gasteiger partial charge in [-0.1, -0.05) is 12.1 Å². The van der Waals surface area contributed by atoms with Crippen LogP contribution in [0.15, 0.2) is 42.6 Å². The molecular formula is C17H17N3O3. The molecule has 0 bridgehead atoms. The van der Waals surface area contributed by atoms with E-state index in [9.17, 15) is 4.79 Å². The molecule has 0 fully saturated rings. The zero-order chi connectivity index (χ0) is 16.2. The fourth-order valence-electron chi connectivity index (χ4n) is 2.33. The van der Waals surface area contributed by atoms with E-state index in [1.165, 1.54) is 0 Å². The van der Waals surface area contributed by atoms with Gasteiger partial charge in [-0.25, -0.2) is 4.98 Å². The van der Waals surface area contributed by atoms with Gasteiger partial charge in [-0.3, -0.25) is 4.79 Å². The molecule has 0 aliphatic heterocycles. The van der Waals surface area contributed by atoms with Crippen LogP contribution in [0.2, 0.25) is 0 Å². The van der Waals surface area contributed by atoms with Crippen molar-refractivity contribution in [1.29, 1.82) is 0 Å². The molecule has 2 aromatic heterocycles. The highest BCUT2D eigenvalue weighted by atomic mass is 16.5. The molecule has 0 radical (unpaired) electrons. The van der Waals surface area contributed by atoms with Gasteiger partial charge in [0.15, 0.2) is 0 Å². The number of amides is 1. The van der Waals surface area contributed by atoms with Crippen molar-refractivity contribution < 1.29 is 14.6 Å². The van der Waals surface area contributed by atoms with E-state index in [4.69, 9.17) is 9.84 Å². The van der Waals surface area contributed by atoms with E-state index in [1.807, 2.05) is 13.0 Å². The maximum absolute atomic E-state index is 12.5. The number of nitrogens with one attached hydrogen (secondary N) is 2. The summed E-state index contributed by atoms with van der Waals surface area (Å²) in [6.45, 7) is 2.32. The van der Waals surface area contributed by atoms with Crippen LogP contribution in [-0.4, -0.2) is 27.6 Å². The Balaban J connectivity index is 1.89. The van der Waals surface area contributed by atoms with Crippen LogP contribution in [0.25, 0.3) is 11.0 Å². The van der Waals surface area contributed by atoms with E-state index < -0.39 is 0 Å². The molecule has 0 spiro atoms. The number of pyridine rings is 1. The number of aliphatic hydroxyl groups is 1. The molecule has 1 aromatic carbocycles. The highest BCUT2D eigenvalue weighted by Gasteiger charge is 2.14. The predicted molar refractivity (Wildman–Crippen MR) is 87.6 cm³/mol. The summed E-state index contributed by atoms with van der Waals surface area (Å²) in [4.78, 5) is 19.9. The molecule has 0 saturated heterocycles. The minimum atomic E-state index is -0.271. The van der Waals surface area contributed by atoms with Gasteiger partial charge >= 0.3 is 0 Å². The van der Waals surface area contributed by atoms with Crippen LogP contribution in [0, 0.1) is 0 Å². The normalized spacial score (nSPS) is 10.7. The number of nitrogens with zero attached hydrogens (tertiary/aromatic N) is 1. The van der Waals surface area contributed by atoms with Gasteiger partial charge in [0.25, 0.3) is 5.91 Å². The molecule has 3 N–H and O–H groups in total. The fraction of sp³-hybridized carbons (Fsp3) is 0.176. The molecule has 6 nitrogen and oxygen atoms in total. The number of anilines is 1. The Morgan fingerprint density at radius 1 is 1.35 bits per heavy atom. The SMILES string of the molecule is CCOc1ccc2[nH]cc(C(=O)Nc3cccc(CO)c3)c2n1. The number of aromatic nitrogens is 2. The Bertz CT molecular complexity index is 842. The summed E-state index contributed by atoms with van der Waals surface area (Å²) in [5.41, 5.74) is 3.13. The van der Waals surface area contributed by atoms with Crippen LogP contribution in [-0.2, 0) is 6.61 Å². The molecule has 3 rings (SSSR count). The lowest BCUT2D eigenvalue weighted by molar-refractivity contribution is 0.102. The first-order chi connectivity index (χ1) is 11.2. The number of rotatable bonds is 5. The highest BCUT2D eigenvalue weighted by molar-refractivity contribution is 6.11. The Morgan fingerprint density at radius 2 is 2.22 bits per heavy atom. The Morgan fingerprint density at radius 3 is 3.00 bits per heavy atom. The molecule has 0 aliphatic carbocycles. The molecule has 0 atom stereocenters. The smallest absolute Gasteiger partial charge is 0.259 e. The number of fused-ring (bicyclic) bond motifs is 1. The molecule has 118 valence electrons. The van der Waals surface area contributed by atoms with Crippen LogP contribution in [0.3, 0.4) is 0 Å². The van der Waals surface area contributed by atoms with Gasteiger partial charge in [0.05, 0.1) is 24.3 Å². The quantitative estimate of drug-likeness (QED) is 0.676. The minimum Gasteiger partial charge on any atom is -0.478 e. The van der Waals surface area contributed by atoms with Crippen molar-refractivity contribution in [2.24, 2.45) is 0 Å². The van der Waals surface area contributed by atoms with Crippen molar-refractivity contribution in [3.63, 3.8) is 0 Å². The first kappa shape index (κ1) is 15.1. The number of carbonyl (C=O) groups is 1. The van der Waals surface area contributed by atoms with Gasteiger partial charge in [-0.15, -0.1) is 0 Å². The molecule has 23 heavy (non-hydrogen) atoms. The molecule has 0 aliphatic rings. The van der Waals surface area contributed by atoms with E-state index >= 15 is 0 Å². The number of ether oxygens (including phenoxy) is 1. The Kier molecular flexibility index (Phi) is 4.25. The lowest BCUT2D eigenvalue weighted by Gasteiger charge is -2.06. The van der Waals surface area contributed by atoms with Gasteiger partial charge in [0, 0.05) is 18.0 Å². The fourth-order valence-corrected chi connectivity index (χ4v) is 2.33. The zero-order valence-electron chi connectivity index (χ0n) is 12.7. The second-order valence-corrected chi connectivity index (χ2v) is 4.99. The third-order valence-electron chi connectivity index (χ3n) is 3.40. The lowest BCUT2D eigenvalue weighted by atomic mass is 10.2. The monoisotopic (exact) mass is 311 g/mol. The van der Waals surface area contributed by atoms with Gasteiger partial charge in [0.1, 0.15) is 5.52 Å². The summed E-state index contributed by atoms with van der Waals surface area (Å²) >= 11 is 0. The van der Waals surface area contributed by atoms with Crippen molar-refractivity contribution in [2.45, 2.75) is 13.5 Å². The summed E-state index contributed by atoms with van der Waals surface area (Å²) in [6, 6.07) is 10.7. The molecule has 2 heterocycles. The molecule has 0 unspecified atom stereocenters. The van der Waals surface area contributed by atoms with Crippen molar-refractivity contribution in [3.8, 4) is 5.88 Å². The third-order valence-corrected chi connectivity index (χ3v) is 3.40. The Hall–Kier alpha value is -2.86. The number of hydrogen-bond donors (Lipinski definition) is 3. The predicted octanol–water partition coefficient (Wildman–Crippen LogP) is 2.71. The van der Waals surface area contributed by atoms with E-state index in [1.54, 1.807) is 36.5 Å². The topological polar surface area (TPSA) is 87.2 Å². The summed E-state index contributed by atoms with van der Waals surface area (Å²) in [5.74, 6) is 0.211. The minimum absolute atomic E-state index is 0.0733. The van der Waals surface area contributed by atoms with Gasteiger partial charge in [-0.05, 0) is 30.7 Å². The van der Waals surface area contributed by atoms with Gasteiger partial charge in [0.2, 0.25) is 5.88 Å². The van der Waals surface area contributed by atoms with Crippen LogP contribution >= 0.6 is 0 Å². The zero-order valence-corrected chi connectivity index (χ0v) is 12.7. The van der Waals surface area contributed by atoms with Gasteiger partial charge < -0.3 is 20.1 Å². The average Bonchev–Trinajstić information content (AvgIpc) is 2.98. The lowest BCUT2D eigenvalue weighted by Crippen LogP contribution is -2.12. The highest BCUT2D eigenvalue weighted by Crippen LogP contribution is 2.21. The number of aromatic amines is 1. The van der Waals surface area contributed by atoms with Crippen molar-refractivity contribution in [2.75, 3.05) is 11.9 Å². The standard InChI is InChI=1S/C17H17N3O3/c1-2-23-15-7-6-14-16(20-15)13(9-18-14)17(22)19-12-5-3-4-11(8-12)10-21/h3-9,18,21H,2,10H2,1H3,(H,19,22). The number of hydrogen-bond acceptors (Lipinski definition) is 4. The van der Waals surface area contributed by atoms with Gasteiger partial charge in [-0.2, -0.15) is 0 Å². The molecule has 1 amide bonds. The number of H-pyrrole nitrogens is 1. The number of benzene rings is 1. The summed E-state index contributed by atoms with van der Waals surface area (Å²) in [5, 5.41) is 12.0. The third kappa shape index (κ3) is 3.17. The average molecular weight is 311 g/mol. The first-order valence-electron chi connectivity index (χ1n) is 7.33. The van der Waals surface area contributed by atoms with E-state index in [2.05, 4.69) is 15.3 Å². The van der Waals surface area contributed by atoms with E-state index in [0.29, 0.717) is 29.3 Å². The van der Waals surface area contributed by atoms with Crippen molar-refractivity contribution >= 4 is 22.6 Å². The maximum Gasteiger partial charge on any atom is 0.259 e. The summed E-state index contributed by atoms with van der Waals surface area (Å²) in [6.07, 6.45) is 1.62. The largest absolute Gasteiger partial charge is 0.478 e. The van der Waals surface area contributed by atoms with E-state index in [-0.39, 0.29) is 12.5 Å². The molecule has 0 saturated carbocycles. The number of aliphatic hydroxyl groups excluding tert-OH is 1. The summed E-state index contributed by atoms with van der Waals surface area (Å²) < 4.78 is 5.38.